The van der Waals surface area contributed by atoms with Crippen LogP contribution < -0.4 is 9.99 Å². The van der Waals surface area contributed by atoms with Crippen molar-refractivity contribution in [2.45, 2.75) is 13.5 Å². The molecule has 0 saturated carbocycles. The van der Waals surface area contributed by atoms with Crippen LogP contribution in [0.1, 0.15) is 11.3 Å². The van der Waals surface area contributed by atoms with E-state index in [1.54, 1.807) is 24.3 Å². The molecule has 152 valence electrons. The summed E-state index contributed by atoms with van der Waals surface area (Å²) in [5, 5.41) is 27.2. The fraction of sp³-hybridized carbons (Fsp3) is 0.100. The van der Waals surface area contributed by atoms with E-state index in [1.165, 1.54) is 12.1 Å². The Morgan fingerprint density at radius 3 is 2.43 bits per heavy atom. The maximum Gasteiger partial charge on any atom is 0.301 e. The topological polar surface area (TPSA) is 115 Å². The molecule has 0 radical (unpaired) electrons. The molecule has 3 aromatic rings. The van der Waals surface area contributed by atoms with Crippen LogP contribution in [0.25, 0.3) is 0 Å². The highest BCUT2D eigenvalue weighted by Gasteiger charge is 2.20. The number of hydrogen-bond acceptors (Lipinski definition) is 6. The summed E-state index contributed by atoms with van der Waals surface area (Å²) in [6, 6.07) is 16.2. The molecule has 0 spiro atoms. The molecule has 0 bridgehead atoms. The molecule has 1 heterocycles. The van der Waals surface area contributed by atoms with Crippen molar-refractivity contribution in [2.24, 2.45) is 5.10 Å². The van der Waals surface area contributed by atoms with Gasteiger partial charge in [0.25, 0.3) is 5.69 Å². The lowest BCUT2D eigenvalue weighted by atomic mass is 10.1. The molecule has 30 heavy (non-hydrogen) atoms. The number of nitrogens with zero attached hydrogens (tertiary/aromatic N) is 4. The minimum atomic E-state index is -0.692. The molecule has 0 unspecified atom stereocenters. The van der Waals surface area contributed by atoms with Gasteiger partial charge in [-0.1, -0.05) is 29.8 Å². The number of aromatic nitrogens is 1. The molecule has 0 aliphatic rings. The molecular weight excluding hydrogens is 410 g/mol. The molecule has 9 nitrogen and oxygen atoms in total. The molecule has 0 amide bonds. The number of pyridine rings is 1. The van der Waals surface area contributed by atoms with Crippen LogP contribution in [0.2, 0.25) is 5.02 Å². The minimum absolute atomic E-state index is 0.0480. The Balaban J connectivity index is 1.99. The highest BCUT2D eigenvalue weighted by Crippen LogP contribution is 2.29. The lowest BCUT2D eigenvalue weighted by Gasteiger charge is -2.08. The van der Waals surface area contributed by atoms with Crippen molar-refractivity contribution in [3.8, 4) is 0 Å². The number of aryl methyl sites for hydroxylation is 1. The third-order valence-corrected chi connectivity index (χ3v) is 4.62. The second kappa shape index (κ2) is 9.10. The normalized spacial score (nSPS) is 11.2. The fourth-order valence-corrected chi connectivity index (χ4v) is 2.87. The smallest absolute Gasteiger partial charge is 0.271 e. The van der Waals surface area contributed by atoms with E-state index in [1.807, 2.05) is 35.9 Å². The second-order valence-electron chi connectivity index (χ2n) is 6.36. The zero-order chi connectivity index (χ0) is 21.7. The largest absolute Gasteiger partial charge is 0.301 e. The average Bonchev–Trinajstić information content (AvgIpc) is 2.73. The molecule has 10 heteroatoms. The van der Waals surface area contributed by atoms with Gasteiger partial charge >= 0.3 is 5.69 Å². The van der Waals surface area contributed by atoms with Crippen molar-refractivity contribution in [2.75, 3.05) is 5.43 Å². The first-order valence-electron chi connectivity index (χ1n) is 8.81. The summed E-state index contributed by atoms with van der Waals surface area (Å²) in [4.78, 5) is 20.9. The predicted molar refractivity (Wildman–Crippen MR) is 113 cm³/mol. The van der Waals surface area contributed by atoms with Crippen LogP contribution in [0.5, 0.6) is 0 Å². The number of nitrogens with one attached hydrogen (secondary N) is 1. The van der Waals surface area contributed by atoms with Gasteiger partial charge in [0.2, 0.25) is 0 Å². The number of halogens is 1. The van der Waals surface area contributed by atoms with Crippen molar-refractivity contribution in [3.05, 3.63) is 103 Å². The Kier molecular flexibility index (Phi) is 6.33. The number of nitro groups is 2. The van der Waals surface area contributed by atoms with E-state index in [4.69, 9.17) is 11.6 Å². The predicted octanol–water partition coefficient (Wildman–Crippen LogP) is 4.27. The van der Waals surface area contributed by atoms with Gasteiger partial charge in [0.15, 0.2) is 18.4 Å². The Labute approximate surface area is 176 Å². The monoisotopic (exact) mass is 426 g/mol. The van der Waals surface area contributed by atoms with E-state index in [9.17, 15) is 20.2 Å². The van der Waals surface area contributed by atoms with Crippen molar-refractivity contribution in [3.63, 3.8) is 0 Å². The molecule has 2 aromatic carbocycles. The van der Waals surface area contributed by atoms with Gasteiger partial charge in [-0.3, -0.25) is 25.7 Å². The maximum atomic E-state index is 11.4. The first kappa shape index (κ1) is 20.9. The SMILES string of the molecule is Cc1cccc[n+]1CC(=NNc1ccc([N+](=O)[O-])cc1[N+](=O)[O-])c1ccc(Cl)cc1. The summed E-state index contributed by atoms with van der Waals surface area (Å²) < 4.78 is 1.97. The van der Waals surface area contributed by atoms with Crippen LogP contribution in [-0.4, -0.2) is 15.6 Å². The van der Waals surface area contributed by atoms with Gasteiger partial charge in [-0.25, -0.2) is 0 Å². The fourth-order valence-electron chi connectivity index (χ4n) is 2.74. The zero-order valence-electron chi connectivity index (χ0n) is 15.9. The van der Waals surface area contributed by atoms with Crippen molar-refractivity contribution >= 4 is 34.4 Å². The Morgan fingerprint density at radius 1 is 1.07 bits per heavy atom. The Hall–Kier alpha value is -3.85. The van der Waals surface area contributed by atoms with Gasteiger partial charge in [0.05, 0.1) is 15.9 Å². The first-order chi connectivity index (χ1) is 14.3. The minimum Gasteiger partial charge on any atom is -0.271 e. The number of nitro benzene ring substituents is 2. The number of non-ortho nitro benzene ring substituents is 1. The Bertz CT molecular complexity index is 1130. The molecule has 1 N–H and O–H groups in total. The Morgan fingerprint density at radius 2 is 1.80 bits per heavy atom. The molecule has 0 aliphatic heterocycles. The number of anilines is 1. The number of hydrogen-bond donors (Lipinski definition) is 1. The van der Waals surface area contributed by atoms with Crippen LogP contribution in [0.15, 0.2) is 72.0 Å². The van der Waals surface area contributed by atoms with Crippen LogP contribution in [0.4, 0.5) is 17.1 Å². The lowest BCUT2D eigenvalue weighted by molar-refractivity contribution is -0.687. The summed E-state index contributed by atoms with van der Waals surface area (Å²) in [6.07, 6.45) is 1.90. The number of rotatable bonds is 7. The van der Waals surface area contributed by atoms with E-state index in [-0.39, 0.29) is 11.4 Å². The highest BCUT2D eigenvalue weighted by atomic mass is 35.5. The van der Waals surface area contributed by atoms with Gasteiger partial charge < -0.3 is 0 Å². The van der Waals surface area contributed by atoms with Crippen molar-refractivity contribution in [1.82, 2.24) is 0 Å². The molecule has 0 aliphatic carbocycles. The van der Waals surface area contributed by atoms with Crippen LogP contribution in [0, 0.1) is 27.2 Å². The second-order valence-corrected chi connectivity index (χ2v) is 6.80. The van der Waals surface area contributed by atoms with Crippen LogP contribution in [0.3, 0.4) is 0 Å². The van der Waals surface area contributed by atoms with Crippen LogP contribution >= 0.6 is 11.6 Å². The molecular formula is C20H17ClN5O4+. The standard InChI is InChI=1S/C20H17ClN5O4/c1-14-4-2-3-11-24(14)13-19(15-5-7-16(21)8-6-15)23-22-18-10-9-17(25(27)28)12-20(18)26(29)30/h2-12,22H,13H2,1H3/q+1. The van der Waals surface area contributed by atoms with Gasteiger partial charge in [0.1, 0.15) is 11.4 Å². The molecule has 1 aromatic heterocycles. The summed E-state index contributed by atoms with van der Waals surface area (Å²) in [7, 11) is 0. The van der Waals surface area contributed by atoms with E-state index in [0.29, 0.717) is 17.3 Å². The number of hydrazone groups is 1. The van der Waals surface area contributed by atoms with Crippen LogP contribution in [-0.2, 0) is 6.54 Å². The van der Waals surface area contributed by atoms with Gasteiger partial charge in [0, 0.05) is 35.7 Å². The highest BCUT2D eigenvalue weighted by molar-refractivity contribution is 6.30. The van der Waals surface area contributed by atoms with Gasteiger partial charge in [-0.2, -0.15) is 9.67 Å². The van der Waals surface area contributed by atoms with E-state index in [0.717, 1.165) is 17.3 Å². The average molecular weight is 427 g/mol. The maximum absolute atomic E-state index is 11.4. The third kappa shape index (κ3) is 4.95. The molecule has 3 rings (SSSR count). The molecule has 0 fully saturated rings. The van der Waals surface area contributed by atoms with Gasteiger partial charge in [-0.15, -0.1) is 0 Å². The number of benzene rings is 2. The zero-order valence-corrected chi connectivity index (χ0v) is 16.6. The molecule has 0 saturated heterocycles. The molecule has 0 atom stereocenters. The quantitative estimate of drug-likeness (QED) is 0.262. The third-order valence-electron chi connectivity index (χ3n) is 4.37. The summed E-state index contributed by atoms with van der Waals surface area (Å²) >= 11 is 5.98. The van der Waals surface area contributed by atoms with Gasteiger partial charge in [-0.05, 0) is 18.2 Å². The lowest BCUT2D eigenvalue weighted by Crippen LogP contribution is -2.40. The summed E-state index contributed by atoms with van der Waals surface area (Å²) in [5.74, 6) is 0. The van der Waals surface area contributed by atoms with E-state index >= 15 is 0 Å². The first-order valence-corrected chi connectivity index (χ1v) is 9.19. The van der Waals surface area contributed by atoms with E-state index < -0.39 is 15.5 Å². The summed E-state index contributed by atoms with van der Waals surface area (Å²) in [6.45, 7) is 2.34. The van der Waals surface area contributed by atoms with Crippen molar-refractivity contribution in [1.29, 1.82) is 0 Å². The summed E-state index contributed by atoms with van der Waals surface area (Å²) in [5.41, 5.74) is 4.30. The van der Waals surface area contributed by atoms with E-state index in [2.05, 4.69) is 10.5 Å². The van der Waals surface area contributed by atoms with Crippen molar-refractivity contribution < 1.29 is 14.4 Å².